The highest BCUT2D eigenvalue weighted by Gasteiger charge is 2.26. The molecule has 1 saturated carbocycles. The summed E-state index contributed by atoms with van der Waals surface area (Å²) in [5.74, 6) is 2.96. The van der Waals surface area contributed by atoms with Crippen LogP contribution in [0.5, 0.6) is 0 Å². The van der Waals surface area contributed by atoms with Gasteiger partial charge in [0, 0.05) is 23.6 Å². The van der Waals surface area contributed by atoms with E-state index < -0.39 is 0 Å². The molecule has 1 N–H and O–H groups in total. The Kier molecular flexibility index (Phi) is 6.70. The van der Waals surface area contributed by atoms with Crippen LogP contribution in [0.15, 0.2) is 18.2 Å². The summed E-state index contributed by atoms with van der Waals surface area (Å²) in [5, 5.41) is 3.10. The Morgan fingerprint density at radius 1 is 1.21 bits per heavy atom. The van der Waals surface area contributed by atoms with Gasteiger partial charge in [0.1, 0.15) is 5.82 Å². The third kappa shape index (κ3) is 4.84. The molecule has 160 valence electrons. The highest BCUT2D eigenvalue weighted by molar-refractivity contribution is 5.96. The van der Waals surface area contributed by atoms with Gasteiger partial charge < -0.3 is 9.88 Å². The van der Waals surface area contributed by atoms with Gasteiger partial charge in [0.15, 0.2) is 0 Å². The molecule has 1 heterocycles. The van der Waals surface area contributed by atoms with Crippen molar-refractivity contribution in [1.29, 1.82) is 0 Å². The molecule has 1 aliphatic carbocycles. The van der Waals surface area contributed by atoms with Crippen LogP contribution < -0.4 is 5.32 Å². The van der Waals surface area contributed by atoms with Gasteiger partial charge in [-0.15, -0.1) is 0 Å². The van der Waals surface area contributed by atoms with Crippen LogP contribution in [0.4, 0.5) is 5.69 Å². The van der Waals surface area contributed by atoms with Crippen LogP contribution in [0, 0.1) is 17.3 Å². The summed E-state index contributed by atoms with van der Waals surface area (Å²) in [5.41, 5.74) is 2.67. The fraction of sp³-hybridized carbons (Fsp3) is 0.680. The van der Waals surface area contributed by atoms with Crippen molar-refractivity contribution in [2.45, 2.75) is 92.5 Å². The lowest BCUT2D eigenvalue weighted by atomic mass is 9.89. The molecule has 4 nitrogen and oxygen atoms in total. The Hall–Kier alpha value is -1.84. The molecule has 2 aromatic rings. The maximum atomic E-state index is 12.6. The molecule has 0 spiro atoms. The monoisotopic (exact) mass is 397 g/mol. The summed E-state index contributed by atoms with van der Waals surface area (Å²) >= 11 is 0. The van der Waals surface area contributed by atoms with E-state index in [1.165, 1.54) is 43.4 Å². The number of aromatic nitrogens is 2. The number of nitrogens with zero attached hydrogens (tertiary/aromatic N) is 2. The van der Waals surface area contributed by atoms with Crippen LogP contribution in [0.2, 0.25) is 0 Å². The maximum absolute atomic E-state index is 12.6. The van der Waals surface area contributed by atoms with Gasteiger partial charge in [0.2, 0.25) is 5.91 Å². The average Bonchev–Trinajstić information content (AvgIpc) is 3.05. The Balaban J connectivity index is 1.94. The second kappa shape index (κ2) is 8.89. The van der Waals surface area contributed by atoms with Crippen molar-refractivity contribution in [3.05, 3.63) is 24.0 Å². The fourth-order valence-electron chi connectivity index (χ4n) is 4.15. The molecule has 1 amide bonds. The Labute approximate surface area is 176 Å². The number of anilines is 1. The molecule has 1 aromatic heterocycles. The molecular weight excluding hydrogens is 358 g/mol. The van der Waals surface area contributed by atoms with Crippen LogP contribution in [0.25, 0.3) is 11.0 Å². The zero-order valence-electron chi connectivity index (χ0n) is 19.2. The third-order valence-corrected chi connectivity index (χ3v) is 7.11. The predicted octanol–water partition coefficient (Wildman–Crippen LogP) is 6.75. The Morgan fingerprint density at radius 3 is 2.52 bits per heavy atom. The number of rotatable bonds is 7. The molecule has 0 aliphatic heterocycles. The fourth-order valence-corrected chi connectivity index (χ4v) is 4.15. The van der Waals surface area contributed by atoms with Gasteiger partial charge in [-0.25, -0.2) is 4.98 Å². The van der Waals surface area contributed by atoms with E-state index in [0.29, 0.717) is 11.8 Å². The number of hydrogen-bond acceptors (Lipinski definition) is 2. The molecule has 0 bridgehead atoms. The molecule has 0 saturated heterocycles. The number of nitrogens with one attached hydrogen (secondary N) is 1. The number of imidazole rings is 1. The molecule has 3 rings (SSSR count). The number of amides is 1. The zero-order valence-corrected chi connectivity index (χ0v) is 19.2. The van der Waals surface area contributed by atoms with Gasteiger partial charge in [-0.1, -0.05) is 60.8 Å². The zero-order chi connectivity index (χ0) is 21.2. The molecule has 1 aliphatic rings. The molecule has 4 heteroatoms. The van der Waals surface area contributed by atoms with Crippen molar-refractivity contribution in [3.8, 4) is 0 Å². The third-order valence-electron chi connectivity index (χ3n) is 7.11. The first-order valence-corrected chi connectivity index (χ1v) is 11.5. The number of fused-ring (bicyclic) bond motifs is 1. The van der Waals surface area contributed by atoms with E-state index in [1.54, 1.807) is 0 Å². The second-order valence-electron chi connectivity index (χ2n) is 10.0. The lowest BCUT2D eigenvalue weighted by molar-refractivity contribution is -0.124. The van der Waals surface area contributed by atoms with Crippen LogP contribution in [0.1, 0.15) is 91.8 Å². The molecule has 1 unspecified atom stereocenters. The van der Waals surface area contributed by atoms with Crippen LogP contribution in [-0.4, -0.2) is 15.5 Å². The first-order valence-electron chi connectivity index (χ1n) is 11.5. The highest BCUT2D eigenvalue weighted by Crippen LogP contribution is 2.32. The summed E-state index contributed by atoms with van der Waals surface area (Å²) in [6.45, 7) is 13.9. The van der Waals surface area contributed by atoms with E-state index in [2.05, 4.69) is 43.6 Å². The molecule has 1 atom stereocenters. The summed E-state index contributed by atoms with van der Waals surface area (Å²) in [7, 11) is 0. The Morgan fingerprint density at radius 2 is 1.90 bits per heavy atom. The minimum absolute atomic E-state index is 0.0664. The first-order chi connectivity index (χ1) is 13.7. The lowest BCUT2D eigenvalue weighted by Crippen LogP contribution is -2.29. The molecule has 29 heavy (non-hydrogen) atoms. The number of carbonyl (C=O) groups is 1. The highest BCUT2D eigenvalue weighted by atomic mass is 16.2. The minimum Gasteiger partial charge on any atom is -0.327 e. The molecule has 0 radical (unpaired) electrons. The van der Waals surface area contributed by atoms with Crippen LogP contribution in [0.3, 0.4) is 0 Å². The van der Waals surface area contributed by atoms with Crippen LogP contribution in [-0.2, 0) is 11.3 Å². The topological polar surface area (TPSA) is 46.9 Å². The van der Waals surface area contributed by atoms with Crippen molar-refractivity contribution >= 4 is 22.6 Å². The van der Waals surface area contributed by atoms with Crippen molar-refractivity contribution in [2.75, 3.05) is 5.32 Å². The summed E-state index contributed by atoms with van der Waals surface area (Å²) < 4.78 is 2.47. The molecular formula is C25H39N3O. The van der Waals surface area contributed by atoms with E-state index in [-0.39, 0.29) is 11.3 Å². The van der Waals surface area contributed by atoms with Crippen molar-refractivity contribution in [3.63, 3.8) is 0 Å². The van der Waals surface area contributed by atoms with Crippen molar-refractivity contribution in [1.82, 2.24) is 9.55 Å². The number of benzene rings is 1. The van der Waals surface area contributed by atoms with E-state index in [0.717, 1.165) is 30.1 Å². The SMILES string of the molecule is CCC(C)(C)C(=O)Nc1ccc2c(c1)nc(C(C)C(C)C)n2CC1CCCCC1. The van der Waals surface area contributed by atoms with Crippen molar-refractivity contribution in [2.24, 2.45) is 17.3 Å². The van der Waals surface area contributed by atoms with Gasteiger partial charge in [0.05, 0.1) is 11.0 Å². The summed E-state index contributed by atoms with van der Waals surface area (Å²) in [6.07, 6.45) is 7.57. The number of carbonyl (C=O) groups excluding carboxylic acids is 1. The minimum atomic E-state index is -0.368. The smallest absolute Gasteiger partial charge is 0.230 e. The van der Waals surface area contributed by atoms with Gasteiger partial charge in [-0.05, 0) is 49.3 Å². The normalized spacial score (nSPS) is 17.1. The maximum Gasteiger partial charge on any atom is 0.230 e. The standard InChI is InChI=1S/C25H39N3O/c1-7-25(5,6)24(29)26-20-13-14-22-21(15-20)27-23(18(4)17(2)3)28(22)16-19-11-9-8-10-12-19/h13-15,17-19H,7-12,16H2,1-6H3,(H,26,29). The quantitative estimate of drug-likeness (QED) is 0.561. The van der Waals surface area contributed by atoms with E-state index in [9.17, 15) is 4.79 Å². The molecule has 1 fully saturated rings. The first kappa shape index (κ1) is 21.9. The second-order valence-corrected chi connectivity index (χ2v) is 10.0. The molecule has 1 aromatic carbocycles. The average molecular weight is 398 g/mol. The summed E-state index contributed by atoms with van der Waals surface area (Å²) in [6, 6.07) is 6.23. The predicted molar refractivity (Wildman–Crippen MR) is 122 cm³/mol. The lowest BCUT2D eigenvalue weighted by Gasteiger charge is -2.25. The van der Waals surface area contributed by atoms with E-state index in [1.807, 2.05) is 26.0 Å². The van der Waals surface area contributed by atoms with E-state index >= 15 is 0 Å². The number of hydrogen-bond donors (Lipinski definition) is 1. The van der Waals surface area contributed by atoms with Gasteiger partial charge >= 0.3 is 0 Å². The van der Waals surface area contributed by atoms with Crippen molar-refractivity contribution < 1.29 is 4.79 Å². The largest absolute Gasteiger partial charge is 0.327 e. The van der Waals surface area contributed by atoms with E-state index in [4.69, 9.17) is 4.98 Å². The summed E-state index contributed by atoms with van der Waals surface area (Å²) in [4.78, 5) is 17.7. The van der Waals surface area contributed by atoms with Gasteiger partial charge in [-0.3, -0.25) is 4.79 Å². The van der Waals surface area contributed by atoms with Gasteiger partial charge in [0.25, 0.3) is 0 Å². The van der Waals surface area contributed by atoms with Crippen LogP contribution >= 0.6 is 0 Å². The Bertz CT molecular complexity index is 843. The van der Waals surface area contributed by atoms with Gasteiger partial charge in [-0.2, -0.15) is 0 Å².